The lowest BCUT2D eigenvalue weighted by Gasteiger charge is -2.33. The van der Waals surface area contributed by atoms with Crippen LogP contribution in [0.25, 0.3) is 0 Å². The van der Waals surface area contributed by atoms with Gasteiger partial charge in [-0.3, -0.25) is 9.59 Å². The monoisotopic (exact) mass is 186 g/mol. The molecule has 0 spiro atoms. The highest BCUT2D eigenvalue weighted by Gasteiger charge is 2.30. The second kappa shape index (κ2) is 4.23. The predicted octanol–water partition coefficient (Wildman–Crippen LogP) is -0.891. The summed E-state index contributed by atoms with van der Waals surface area (Å²) in [6.07, 6.45) is 0.393. The van der Waals surface area contributed by atoms with E-state index in [-0.39, 0.29) is 12.5 Å². The van der Waals surface area contributed by atoms with Gasteiger partial charge in [-0.1, -0.05) is 6.92 Å². The molecule has 1 fully saturated rings. The first kappa shape index (κ1) is 9.98. The number of nitrogens with two attached hydrogens (primary N) is 1. The molecule has 2 N–H and O–H groups in total. The van der Waals surface area contributed by atoms with Crippen LogP contribution in [-0.2, 0) is 14.3 Å². The molecule has 5 nitrogen and oxygen atoms in total. The van der Waals surface area contributed by atoms with Gasteiger partial charge in [0.1, 0.15) is 6.04 Å². The molecule has 0 bridgehead atoms. The van der Waals surface area contributed by atoms with Crippen molar-refractivity contribution >= 4 is 11.8 Å². The second-order valence-corrected chi connectivity index (χ2v) is 2.93. The van der Waals surface area contributed by atoms with Crippen LogP contribution >= 0.6 is 0 Å². The van der Waals surface area contributed by atoms with Crippen LogP contribution < -0.4 is 5.73 Å². The Morgan fingerprint density at radius 1 is 1.62 bits per heavy atom. The van der Waals surface area contributed by atoms with Gasteiger partial charge in [-0.05, 0) is 0 Å². The molecule has 0 aromatic rings. The van der Waals surface area contributed by atoms with Crippen LogP contribution in [0.1, 0.15) is 13.3 Å². The fraction of sp³-hybridized carbons (Fsp3) is 0.750. The summed E-state index contributed by atoms with van der Waals surface area (Å²) >= 11 is 0. The zero-order valence-corrected chi connectivity index (χ0v) is 7.66. The van der Waals surface area contributed by atoms with E-state index >= 15 is 0 Å². The van der Waals surface area contributed by atoms with E-state index in [2.05, 4.69) is 0 Å². The minimum absolute atomic E-state index is 0.0490. The number of carbonyl (C=O) groups is 2. The Morgan fingerprint density at radius 3 is 2.85 bits per heavy atom. The fourth-order valence-corrected chi connectivity index (χ4v) is 1.34. The summed E-state index contributed by atoms with van der Waals surface area (Å²) in [6, 6.07) is -0.582. The zero-order chi connectivity index (χ0) is 9.84. The summed E-state index contributed by atoms with van der Waals surface area (Å²) in [7, 11) is 0. The number of rotatable bonds is 2. The van der Waals surface area contributed by atoms with E-state index < -0.39 is 11.9 Å². The van der Waals surface area contributed by atoms with Crippen molar-refractivity contribution in [3.05, 3.63) is 0 Å². The largest absolute Gasteiger partial charge is 0.377 e. The normalized spacial score (nSPS) is 22.8. The Balaban J connectivity index is 2.67. The van der Waals surface area contributed by atoms with Crippen LogP contribution in [0.5, 0.6) is 0 Å². The molecule has 13 heavy (non-hydrogen) atoms. The minimum Gasteiger partial charge on any atom is -0.377 e. The molecular weight excluding hydrogens is 172 g/mol. The van der Waals surface area contributed by atoms with Crippen LogP contribution in [0.3, 0.4) is 0 Å². The summed E-state index contributed by atoms with van der Waals surface area (Å²) in [5, 5.41) is 0. The summed E-state index contributed by atoms with van der Waals surface area (Å²) in [5.74, 6) is -0.548. The lowest BCUT2D eigenvalue weighted by atomic mass is 10.2. The first-order valence-corrected chi connectivity index (χ1v) is 4.33. The summed E-state index contributed by atoms with van der Waals surface area (Å²) in [6.45, 7) is 2.92. The maximum atomic E-state index is 11.3. The number of amides is 2. The molecule has 1 aliphatic heterocycles. The molecule has 74 valence electrons. The fourth-order valence-electron chi connectivity index (χ4n) is 1.34. The van der Waals surface area contributed by atoms with Crippen LogP contribution in [-0.4, -0.2) is 42.5 Å². The van der Waals surface area contributed by atoms with Crippen LogP contribution in [0.4, 0.5) is 0 Å². The van der Waals surface area contributed by atoms with Crippen LogP contribution in [0, 0.1) is 0 Å². The lowest BCUT2D eigenvalue weighted by Crippen LogP contribution is -2.54. The van der Waals surface area contributed by atoms with Gasteiger partial charge in [0.2, 0.25) is 11.8 Å². The van der Waals surface area contributed by atoms with E-state index in [1.807, 2.05) is 0 Å². The van der Waals surface area contributed by atoms with Crippen molar-refractivity contribution in [2.24, 2.45) is 5.73 Å². The maximum Gasteiger partial charge on any atom is 0.242 e. The molecule has 1 rings (SSSR count). The van der Waals surface area contributed by atoms with Crippen molar-refractivity contribution in [1.29, 1.82) is 0 Å². The van der Waals surface area contributed by atoms with Gasteiger partial charge >= 0.3 is 0 Å². The van der Waals surface area contributed by atoms with Crippen molar-refractivity contribution in [1.82, 2.24) is 4.90 Å². The third kappa shape index (κ3) is 2.18. The highest BCUT2D eigenvalue weighted by molar-refractivity contribution is 5.86. The van der Waals surface area contributed by atoms with Gasteiger partial charge in [0.05, 0.1) is 13.2 Å². The minimum atomic E-state index is -0.582. The molecule has 0 aromatic carbocycles. The summed E-state index contributed by atoms with van der Waals surface area (Å²) in [4.78, 5) is 23.8. The highest BCUT2D eigenvalue weighted by atomic mass is 16.5. The smallest absolute Gasteiger partial charge is 0.242 e. The first-order valence-electron chi connectivity index (χ1n) is 4.33. The molecule has 1 unspecified atom stereocenters. The lowest BCUT2D eigenvalue weighted by molar-refractivity contribution is -0.146. The average molecular weight is 186 g/mol. The Labute approximate surface area is 76.8 Å². The van der Waals surface area contributed by atoms with E-state index in [0.717, 1.165) is 0 Å². The van der Waals surface area contributed by atoms with Crippen LogP contribution in [0.2, 0.25) is 0 Å². The molecule has 1 heterocycles. The zero-order valence-electron chi connectivity index (χ0n) is 7.66. The summed E-state index contributed by atoms with van der Waals surface area (Å²) < 4.78 is 5.07. The molecule has 1 saturated heterocycles. The van der Waals surface area contributed by atoms with Crippen molar-refractivity contribution in [3.63, 3.8) is 0 Å². The molecule has 0 radical (unpaired) electrons. The number of morpholine rings is 1. The van der Waals surface area contributed by atoms with E-state index in [9.17, 15) is 9.59 Å². The Kier molecular flexibility index (Phi) is 3.25. The average Bonchev–Trinajstić information content (AvgIpc) is 2.16. The number of hydrogen-bond acceptors (Lipinski definition) is 3. The van der Waals surface area contributed by atoms with Gasteiger partial charge in [-0.2, -0.15) is 0 Å². The number of carbonyl (C=O) groups excluding carboxylic acids is 2. The summed E-state index contributed by atoms with van der Waals surface area (Å²) in [5.41, 5.74) is 5.14. The van der Waals surface area contributed by atoms with Gasteiger partial charge in [0.15, 0.2) is 0 Å². The van der Waals surface area contributed by atoms with E-state index in [4.69, 9.17) is 10.5 Å². The molecule has 0 saturated carbocycles. The standard InChI is InChI=1S/C8H14N2O3/c1-2-7(11)10-3-4-13-5-6(10)8(9)12/h6H,2-5H2,1H3,(H2,9,12). The van der Waals surface area contributed by atoms with Crippen molar-refractivity contribution in [2.45, 2.75) is 19.4 Å². The Morgan fingerprint density at radius 2 is 2.31 bits per heavy atom. The molecule has 1 aliphatic rings. The van der Waals surface area contributed by atoms with Crippen molar-refractivity contribution in [3.8, 4) is 0 Å². The molecule has 5 heteroatoms. The SMILES string of the molecule is CCC(=O)N1CCOCC1C(N)=O. The van der Waals surface area contributed by atoms with Crippen LogP contribution in [0.15, 0.2) is 0 Å². The topological polar surface area (TPSA) is 72.6 Å². The Bertz CT molecular complexity index is 217. The molecule has 2 amide bonds. The molecule has 0 aliphatic carbocycles. The van der Waals surface area contributed by atoms with Crippen molar-refractivity contribution < 1.29 is 14.3 Å². The number of hydrogen-bond donors (Lipinski definition) is 1. The van der Waals surface area contributed by atoms with Gasteiger partial charge in [0.25, 0.3) is 0 Å². The third-order valence-electron chi connectivity index (χ3n) is 2.08. The third-order valence-corrected chi connectivity index (χ3v) is 2.08. The predicted molar refractivity (Wildman–Crippen MR) is 45.8 cm³/mol. The maximum absolute atomic E-state index is 11.3. The molecule has 0 aromatic heterocycles. The van der Waals surface area contributed by atoms with Gasteiger partial charge in [0, 0.05) is 13.0 Å². The number of ether oxygens (including phenoxy) is 1. The van der Waals surface area contributed by atoms with E-state index in [1.165, 1.54) is 4.90 Å². The Hall–Kier alpha value is -1.10. The van der Waals surface area contributed by atoms with E-state index in [0.29, 0.717) is 19.6 Å². The first-order chi connectivity index (χ1) is 6.16. The molecular formula is C8H14N2O3. The number of primary amides is 1. The van der Waals surface area contributed by atoms with E-state index in [1.54, 1.807) is 6.92 Å². The van der Waals surface area contributed by atoms with Crippen molar-refractivity contribution in [2.75, 3.05) is 19.8 Å². The second-order valence-electron chi connectivity index (χ2n) is 2.93. The highest BCUT2D eigenvalue weighted by Crippen LogP contribution is 2.07. The van der Waals surface area contributed by atoms with Gasteiger partial charge in [-0.25, -0.2) is 0 Å². The van der Waals surface area contributed by atoms with Gasteiger partial charge in [-0.15, -0.1) is 0 Å². The number of nitrogens with zero attached hydrogens (tertiary/aromatic N) is 1. The van der Waals surface area contributed by atoms with Gasteiger partial charge < -0.3 is 15.4 Å². The molecule has 1 atom stereocenters. The quantitative estimate of drug-likeness (QED) is 0.608.